The second-order valence-corrected chi connectivity index (χ2v) is 4.98. The summed E-state index contributed by atoms with van der Waals surface area (Å²) >= 11 is 0. The molecule has 8 heteroatoms. The van der Waals surface area contributed by atoms with Crippen LogP contribution >= 0.6 is 0 Å². The summed E-state index contributed by atoms with van der Waals surface area (Å²) in [5.41, 5.74) is 0. The molecule has 1 rings (SSSR count). The zero-order valence-corrected chi connectivity index (χ0v) is 12.1. The Morgan fingerprint density at radius 3 is 2.67 bits per heavy atom. The molecule has 1 saturated heterocycles. The fourth-order valence-electron chi connectivity index (χ4n) is 2.31. The maximum Gasteiger partial charge on any atom is 0.326 e. The Balaban J connectivity index is 2.58. The van der Waals surface area contributed by atoms with Gasteiger partial charge in [0.15, 0.2) is 0 Å². The van der Waals surface area contributed by atoms with Crippen molar-refractivity contribution < 1.29 is 29.3 Å². The number of aliphatic hydroxyl groups excluding tert-OH is 1. The molecular formula is C13H22N2O6. The highest BCUT2D eigenvalue weighted by Gasteiger charge is 2.29. The Kier molecular flexibility index (Phi) is 6.93. The highest BCUT2D eigenvalue weighted by atomic mass is 16.5. The summed E-state index contributed by atoms with van der Waals surface area (Å²) in [4.78, 5) is 35.8. The molecule has 0 bridgehead atoms. The molecule has 2 atom stereocenters. The van der Waals surface area contributed by atoms with Crippen molar-refractivity contribution in [3.63, 3.8) is 0 Å². The molecule has 21 heavy (non-hydrogen) atoms. The summed E-state index contributed by atoms with van der Waals surface area (Å²) in [7, 11) is 1.22. The number of aliphatic hydroxyl groups is 1. The number of methoxy groups -OCH3 is 1. The maximum atomic E-state index is 12.1. The van der Waals surface area contributed by atoms with E-state index in [2.05, 4.69) is 10.1 Å². The number of nitrogens with one attached hydrogen (secondary N) is 1. The standard InChI is InChI=1S/C13H22N2O6/c1-21-11(17)6-5-10(12(18)19)14-13(20)15-7-3-2-4-9(15)8-16/h9-10,16H,2-8H2,1H3,(H,14,20)(H,18,19)/t9?,10-/m0/s1. The number of amides is 2. The summed E-state index contributed by atoms with van der Waals surface area (Å²) in [6.45, 7) is 0.341. The van der Waals surface area contributed by atoms with E-state index in [1.807, 2.05) is 0 Å². The molecule has 3 N–H and O–H groups in total. The SMILES string of the molecule is COC(=O)CC[C@H](NC(=O)N1CCCCC1CO)C(=O)O. The molecule has 0 aromatic carbocycles. The zero-order valence-electron chi connectivity index (χ0n) is 12.1. The number of hydrogen-bond donors (Lipinski definition) is 3. The normalized spacial score (nSPS) is 19.7. The smallest absolute Gasteiger partial charge is 0.326 e. The van der Waals surface area contributed by atoms with Gasteiger partial charge in [-0.2, -0.15) is 0 Å². The second-order valence-electron chi connectivity index (χ2n) is 4.98. The van der Waals surface area contributed by atoms with Crippen LogP contribution in [0.5, 0.6) is 0 Å². The van der Waals surface area contributed by atoms with E-state index in [4.69, 9.17) is 5.11 Å². The van der Waals surface area contributed by atoms with Crippen LogP contribution in [0.3, 0.4) is 0 Å². The average molecular weight is 302 g/mol. The number of hydrogen-bond acceptors (Lipinski definition) is 5. The van der Waals surface area contributed by atoms with Crippen LogP contribution in [0.2, 0.25) is 0 Å². The minimum atomic E-state index is -1.20. The van der Waals surface area contributed by atoms with Gasteiger partial charge in [-0.3, -0.25) is 4.79 Å². The number of carboxylic acid groups (broad SMARTS) is 1. The topological polar surface area (TPSA) is 116 Å². The van der Waals surface area contributed by atoms with E-state index >= 15 is 0 Å². The molecule has 0 radical (unpaired) electrons. The molecule has 1 fully saturated rings. The van der Waals surface area contributed by atoms with Crippen molar-refractivity contribution in [3.8, 4) is 0 Å². The van der Waals surface area contributed by atoms with Crippen molar-refractivity contribution in [2.75, 3.05) is 20.3 Å². The first kappa shape index (κ1) is 17.2. The summed E-state index contributed by atoms with van der Waals surface area (Å²) < 4.78 is 4.45. The third kappa shape index (κ3) is 5.22. The number of likely N-dealkylation sites (tertiary alicyclic amines) is 1. The lowest BCUT2D eigenvalue weighted by molar-refractivity contribution is -0.142. The minimum absolute atomic E-state index is 0.0363. The lowest BCUT2D eigenvalue weighted by Gasteiger charge is -2.35. The maximum absolute atomic E-state index is 12.1. The molecule has 0 aliphatic carbocycles. The predicted octanol–water partition coefficient (Wildman–Crippen LogP) is -0.0508. The van der Waals surface area contributed by atoms with E-state index in [-0.39, 0.29) is 25.5 Å². The van der Waals surface area contributed by atoms with Gasteiger partial charge in [0.2, 0.25) is 0 Å². The molecule has 1 aliphatic heterocycles. The van der Waals surface area contributed by atoms with Crippen LogP contribution in [-0.4, -0.2) is 65.4 Å². The number of ether oxygens (including phenoxy) is 1. The Morgan fingerprint density at radius 1 is 1.38 bits per heavy atom. The number of esters is 1. The Hall–Kier alpha value is -1.83. The minimum Gasteiger partial charge on any atom is -0.480 e. The zero-order chi connectivity index (χ0) is 15.8. The van der Waals surface area contributed by atoms with Gasteiger partial charge in [-0.15, -0.1) is 0 Å². The van der Waals surface area contributed by atoms with Gasteiger partial charge in [0, 0.05) is 13.0 Å². The van der Waals surface area contributed by atoms with E-state index in [1.165, 1.54) is 12.0 Å². The van der Waals surface area contributed by atoms with Crippen molar-refractivity contribution in [1.29, 1.82) is 0 Å². The molecule has 1 heterocycles. The van der Waals surface area contributed by atoms with Crippen molar-refractivity contribution in [2.45, 2.75) is 44.2 Å². The third-order valence-corrected chi connectivity index (χ3v) is 3.56. The summed E-state index contributed by atoms with van der Waals surface area (Å²) in [5, 5.41) is 20.8. The molecule has 0 aromatic heterocycles. The van der Waals surface area contributed by atoms with Gasteiger partial charge in [0.1, 0.15) is 6.04 Å². The lowest BCUT2D eigenvalue weighted by atomic mass is 10.0. The number of carbonyl (C=O) groups is 3. The number of carboxylic acids is 1. The van der Waals surface area contributed by atoms with Crippen LogP contribution in [0, 0.1) is 0 Å². The molecule has 120 valence electrons. The average Bonchev–Trinajstić information content (AvgIpc) is 2.50. The number of nitrogens with zero attached hydrogens (tertiary/aromatic N) is 1. The molecular weight excluding hydrogens is 280 g/mol. The first-order valence-electron chi connectivity index (χ1n) is 6.97. The molecule has 0 aromatic rings. The highest BCUT2D eigenvalue weighted by Crippen LogP contribution is 2.16. The lowest BCUT2D eigenvalue weighted by Crippen LogP contribution is -2.54. The summed E-state index contributed by atoms with van der Waals surface area (Å²) in [6, 6.07) is -1.96. The van der Waals surface area contributed by atoms with Crippen LogP contribution in [0.4, 0.5) is 4.79 Å². The van der Waals surface area contributed by atoms with Gasteiger partial charge >= 0.3 is 18.0 Å². The molecule has 0 saturated carbocycles. The first-order valence-corrected chi connectivity index (χ1v) is 6.97. The molecule has 0 spiro atoms. The number of urea groups is 1. The van der Waals surface area contributed by atoms with Gasteiger partial charge < -0.3 is 25.2 Å². The van der Waals surface area contributed by atoms with Gasteiger partial charge in [-0.25, -0.2) is 9.59 Å². The van der Waals surface area contributed by atoms with Gasteiger partial charge in [0.05, 0.1) is 19.8 Å². The third-order valence-electron chi connectivity index (χ3n) is 3.56. The fourth-order valence-corrected chi connectivity index (χ4v) is 2.31. The fraction of sp³-hybridized carbons (Fsp3) is 0.769. The Morgan fingerprint density at radius 2 is 2.10 bits per heavy atom. The molecule has 2 amide bonds. The number of rotatable bonds is 6. The predicted molar refractivity (Wildman–Crippen MR) is 72.6 cm³/mol. The van der Waals surface area contributed by atoms with E-state index in [0.717, 1.165) is 12.8 Å². The van der Waals surface area contributed by atoms with Crippen molar-refractivity contribution in [1.82, 2.24) is 10.2 Å². The van der Waals surface area contributed by atoms with Crippen LogP contribution in [0.25, 0.3) is 0 Å². The molecule has 1 unspecified atom stereocenters. The van der Waals surface area contributed by atoms with Crippen molar-refractivity contribution in [3.05, 3.63) is 0 Å². The van der Waals surface area contributed by atoms with E-state index in [1.54, 1.807) is 0 Å². The molecule has 1 aliphatic rings. The van der Waals surface area contributed by atoms with Crippen LogP contribution in [-0.2, 0) is 14.3 Å². The number of carbonyl (C=O) groups excluding carboxylic acids is 2. The summed E-state index contributed by atoms with van der Waals surface area (Å²) in [6.07, 6.45) is 2.33. The number of piperidine rings is 1. The van der Waals surface area contributed by atoms with Gasteiger partial charge in [-0.05, 0) is 25.7 Å². The largest absolute Gasteiger partial charge is 0.480 e. The highest BCUT2D eigenvalue weighted by molar-refractivity contribution is 5.83. The molecule has 8 nitrogen and oxygen atoms in total. The van der Waals surface area contributed by atoms with Crippen molar-refractivity contribution in [2.24, 2.45) is 0 Å². The number of aliphatic carboxylic acids is 1. The summed E-state index contributed by atoms with van der Waals surface area (Å²) in [5.74, 6) is -1.73. The van der Waals surface area contributed by atoms with Gasteiger partial charge in [0.25, 0.3) is 0 Å². The van der Waals surface area contributed by atoms with Crippen LogP contribution in [0.15, 0.2) is 0 Å². The quantitative estimate of drug-likeness (QED) is 0.592. The van der Waals surface area contributed by atoms with E-state index < -0.39 is 24.0 Å². The first-order chi connectivity index (χ1) is 9.99. The second kappa shape index (κ2) is 8.46. The Bertz CT molecular complexity index is 387. The van der Waals surface area contributed by atoms with Crippen LogP contribution in [0.1, 0.15) is 32.1 Å². The van der Waals surface area contributed by atoms with Crippen LogP contribution < -0.4 is 5.32 Å². The van der Waals surface area contributed by atoms with E-state index in [9.17, 15) is 19.5 Å². The van der Waals surface area contributed by atoms with Gasteiger partial charge in [-0.1, -0.05) is 0 Å². The Labute approximate surface area is 123 Å². The van der Waals surface area contributed by atoms with Crippen molar-refractivity contribution >= 4 is 18.0 Å². The monoisotopic (exact) mass is 302 g/mol. The van der Waals surface area contributed by atoms with E-state index in [0.29, 0.717) is 13.0 Å².